The number of nitriles is 1. The Balaban J connectivity index is 1.92. The topological polar surface area (TPSA) is 96.9 Å². The van der Waals surface area contributed by atoms with Crippen molar-refractivity contribution in [2.24, 2.45) is 26.5 Å². The number of carbonyl (C=O) groups excluding carboxylic acids is 1. The molecular formula is C27H36N4O3. The number of hydrogen-bond acceptors (Lipinski definition) is 7. The highest BCUT2D eigenvalue weighted by Crippen LogP contribution is 2.55. The van der Waals surface area contributed by atoms with Crippen LogP contribution in [0, 0.1) is 27.6 Å². The molecule has 1 aromatic carbocycles. The lowest BCUT2D eigenvalue weighted by Gasteiger charge is -2.51. The third kappa shape index (κ3) is 5.99. The van der Waals surface area contributed by atoms with Gasteiger partial charge in [0.1, 0.15) is 36.4 Å². The minimum absolute atomic E-state index is 0.178. The summed E-state index contributed by atoms with van der Waals surface area (Å²) in [6, 6.07) is 12.4. The second-order valence-corrected chi connectivity index (χ2v) is 9.79. The number of nitrogens with zero attached hydrogens (tertiary/aromatic N) is 4. The Labute approximate surface area is 203 Å². The van der Waals surface area contributed by atoms with Gasteiger partial charge in [-0.25, -0.2) is 4.98 Å². The summed E-state index contributed by atoms with van der Waals surface area (Å²) >= 11 is 0. The Morgan fingerprint density at radius 1 is 0.912 bits per heavy atom. The number of rotatable bonds is 11. The molecule has 0 saturated carbocycles. The van der Waals surface area contributed by atoms with Gasteiger partial charge < -0.3 is 9.47 Å². The maximum atomic E-state index is 13.2. The van der Waals surface area contributed by atoms with Crippen molar-refractivity contribution < 1.29 is 14.3 Å². The zero-order valence-corrected chi connectivity index (χ0v) is 21.4. The van der Waals surface area contributed by atoms with Crippen LogP contribution in [0.4, 0.5) is 11.4 Å². The summed E-state index contributed by atoms with van der Waals surface area (Å²) < 4.78 is 11.5. The van der Waals surface area contributed by atoms with Crippen molar-refractivity contribution in [3.63, 3.8) is 0 Å². The molecule has 0 atom stereocenters. The van der Waals surface area contributed by atoms with Gasteiger partial charge in [0, 0.05) is 0 Å². The number of pyridine rings is 1. The van der Waals surface area contributed by atoms with Crippen LogP contribution in [0.2, 0.25) is 0 Å². The molecule has 182 valence electrons. The van der Waals surface area contributed by atoms with E-state index in [0.29, 0.717) is 22.8 Å². The Kier molecular flexibility index (Phi) is 8.92. The lowest BCUT2D eigenvalue weighted by Crippen LogP contribution is -2.53. The van der Waals surface area contributed by atoms with E-state index in [1.807, 2.05) is 13.0 Å². The lowest BCUT2D eigenvalue weighted by molar-refractivity contribution is -0.176. The van der Waals surface area contributed by atoms with Gasteiger partial charge in [-0.2, -0.15) is 10.4 Å². The SMILES string of the molecule is CCC(C)(C)C(C)(C(=O)OCCOc1ccc(N=Nc2ccc(C#N)nc2)cc1)C(C)(C)CC. The van der Waals surface area contributed by atoms with Crippen molar-refractivity contribution in [2.45, 2.75) is 61.3 Å². The predicted octanol–water partition coefficient (Wildman–Crippen LogP) is 7.17. The van der Waals surface area contributed by atoms with Gasteiger partial charge in [-0.3, -0.25) is 4.79 Å². The molecule has 0 radical (unpaired) electrons. The molecule has 0 bridgehead atoms. The van der Waals surface area contributed by atoms with Crippen LogP contribution in [0.3, 0.4) is 0 Å². The van der Waals surface area contributed by atoms with E-state index in [0.717, 1.165) is 12.8 Å². The summed E-state index contributed by atoms with van der Waals surface area (Å²) in [5.74, 6) is 0.475. The fraction of sp³-hybridized carbons (Fsp3) is 0.519. The molecule has 1 heterocycles. The summed E-state index contributed by atoms with van der Waals surface area (Å²) in [6.45, 7) is 15.3. The van der Waals surface area contributed by atoms with E-state index in [9.17, 15) is 4.79 Å². The average molecular weight is 465 g/mol. The van der Waals surface area contributed by atoms with Gasteiger partial charge in [0.05, 0.1) is 17.3 Å². The number of carbonyl (C=O) groups is 1. The first-order valence-electron chi connectivity index (χ1n) is 11.7. The van der Waals surface area contributed by atoms with Crippen LogP contribution in [0.25, 0.3) is 0 Å². The van der Waals surface area contributed by atoms with E-state index in [-0.39, 0.29) is 30.0 Å². The first kappa shape index (κ1) is 27.0. The summed E-state index contributed by atoms with van der Waals surface area (Å²) in [6.07, 6.45) is 3.25. The van der Waals surface area contributed by atoms with Crippen molar-refractivity contribution >= 4 is 17.3 Å². The Morgan fingerprint density at radius 2 is 1.47 bits per heavy atom. The Morgan fingerprint density at radius 3 is 1.97 bits per heavy atom. The van der Waals surface area contributed by atoms with Gasteiger partial charge in [0.25, 0.3) is 0 Å². The summed E-state index contributed by atoms with van der Waals surface area (Å²) in [7, 11) is 0. The monoisotopic (exact) mass is 464 g/mol. The van der Waals surface area contributed by atoms with Crippen molar-refractivity contribution in [1.29, 1.82) is 5.26 Å². The van der Waals surface area contributed by atoms with Gasteiger partial charge in [0.15, 0.2) is 0 Å². The van der Waals surface area contributed by atoms with E-state index >= 15 is 0 Å². The Bertz CT molecular complexity index is 1000. The summed E-state index contributed by atoms with van der Waals surface area (Å²) in [5, 5.41) is 17.1. The molecule has 34 heavy (non-hydrogen) atoms. The molecule has 0 amide bonds. The number of benzene rings is 1. The number of hydrogen-bond donors (Lipinski definition) is 0. The fourth-order valence-electron chi connectivity index (χ4n) is 3.85. The lowest BCUT2D eigenvalue weighted by atomic mass is 9.52. The quantitative estimate of drug-likeness (QED) is 0.199. The average Bonchev–Trinajstić information content (AvgIpc) is 2.85. The molecule has 0 aliphatic rings. The third-order valence-electron chi connectivity index (χ3n) is 7.45. The van der Waals surface area contributed by atoms with Gasteiger partial charge in [-0.1, -0.05) is 41.5 Å². The first-order chi connectivity index (χ1) is 16.0. The molecule has 1 aromatic heterocycles. The molecule has 2 rings (SSSR count). The summed E-state index contributed by atoms with van der Waals surface area (Å²) in [5.41, 5.74) is 0.512. The normalized spacial score (nSPS) is 12.4. The molecule has 0 aliphatic carbocycles. The van der Waals surface area contributed by atoms with E-state index in [1.165, 1.54) is 6.20 Å². The van der Waals surface area contributed by atoms with E-state index in [2.05, 4.69) is 56.8 Å². The molecule has 0 saturated heterocycles. The fourth-order valence-corrected chi connectivity index (χ4v) is 3.85. The van der Waals surface area contributed by atoms with E-state index < -0.39 is 5.41 Å². The minimum atomic E-state index is -0.624. The zero-order chi connectivity index (χ0) is 25.4. The van der Waals surface area contributed by atoms with Crippen molar-refractivity contribution in [3.05, 3.63) is 48.3 Å². The van der Waals surface area contributed by atoms with Crippen LogP contribution >= 0.6 is 0 Å². The van der Waals surface area contributed by atoms with Crippen molar-refractivity contribution in [3.8, 4) is 11.8 Å². The van der Waals surface area contributed by atoms with E-state index in [1.54, 1.807) is 36.4 Å². The van der Waals surface area contributed by atoms with Gasteiger partial charge in [-0.05, 0) is 67.0 Å². The molecule has 0 N–H and O–H groups in total. The van der Waals surface area contributed by atoms with E-state index in [4.69, 9.17) is 14.7 Å². The number of aromatic nitrogens is 1. The predicted molar refractivity (Wildman–Crippen MR) is 132 cm³/mol. The van der Waals surface area contributed by atoms with Gasteiger partial charge in [-0.15, -0.1) is 5.11 Å². The molecule has 2 aromatic rings. The standard InChI is InChI=1S/C27H36N4O3/c1-8-25(3,4)27(7,26(5,6)9-2)24(32)34-17-16-33-23-14-12-20(13-15-23)30-31-22-11-10-21(18-28)29-19-22/h10-15,19H,8-9,16-17H2,1-7H3. The number of ether oxygens (including phenoxy) is 2. The molecule has 7 heteroatoms. The maximum Gasteiger partial charge on any atom is 0.313 e. The largest absolute Gasteiger partial charge is 0.490 e. The van der Waals surface area contributed by atoms with Crippen LogP contribution in [-0.4, -0.2) is 24.2 Å². The highest BCUT2D eigenvalue weighted by atomic mass is 16.6. The molecule has 0 spiro atoms. The van der Waals surface area contributed by atoms with Crippen molar-refractivity contribution in [2.75, 3.05) is 13.2 Å². The number of esters is 1. The van der Waals surface area contributed by atoms with Crippen LogP contribution in [-0.2, 0) is 9.53 Å². The second kappa shape index (κ2) is 11.2. The smallest absolute Gasteiger partial charge is 0.313 e. The maximum absolute atomic E-state index is 13.2. The van der Waals surface area contributed by atoms with Crippen LogP contribution in [0.1, 0.15) is 67.0 Å². The minimum Gasteiger partial charge on any atom is -0.490 e. The molecule has 0 fully saturated rings. The van der Waals surface area contributed by atoms with Gasteiger partial charge in [0.2, 0.25) is 0 Å². The zero-order valence-electron chi connectivity index (χ0n) is 21.4. The first-order valence-corrected chi connectivity index (χ1v) is 11.7. The second-order valence-electron chi connectivity index (χ2n) is 9.79. The molecule has 0 unspecified atom stereocenters. The third-order valence-corrected chi connectivity index (χ3v) is 7.45. The Hall–Kier alpha value is -3.27. The molecular weight excluding hydrogens is 428 g/mol. The van der Waals surface area contributed by atoms with Crippen molar-refractivity contribution in [1.82, 2.24) is 4.98 Å². The highest BCUT2D eigenvalue weighted by molar-refractivity contribution is 5.78. The number of azo groups is 1. The van der Waals surface area contributed by atoms with Crippen LogP contribution in [0.15, 0.2) is 52.8 Å². The molecule has 0 aliphatic heterocycles. The van der Waals surface area contributed by atoms with Crippen LogP contribution < -0.4 is 4.74 Å². The summed E-state index contributed by atoms with van der Waals surface area (Å²) in [4.78, 5) is 17.2. The van der Waals surface area contributed by atoms with Crippen LogP contribution in [0.5, 0.6) is 5.75 Å². The van der Waals surface area contributed by atoms with Gasteiger partial charge >= 0.3 is 5.97 Å². The molecule has 7 nitrogen and oxygen atoms in total. The highest BCUT2D eigenvalue weighted by Gasteiger charge is 2.56.